The summed E-state index contributed by atoms with van der Waals surface area (Å²) in [5.74, 6) is 0. The van der Waals surface area contributed by atoms with Crippen LogP contribution < -0.4 is 0 Å². The second kappa shape index (κ2) is 2.28. The molecule has 0 bridgehead atoms. The minimum Gasteiger partial charge on any atom is -0.393 e. The van der Waals surface area contributed by atoms with Gasteiger partial charge in [-0.3, -0.25) is 0 Å². The first-order chi connectivity index (χ1) is 3.12. The number of rotatable bonds is 2. The summed E-state index contributed by atoms with van der Waals surface area (Å²) in [5, 5.41) is 17.1. The lowest BCUT2D eigenvalue weighted by Gasteiger charge is -2.15. The van der Waals surface area contributed by atoms with Crippen molar-refractivity contribution in [2.75, 3.05) is 6.61 Å². The van der Waals surface area contributed by atoms with Crippen LogP contribution in [0.5, 0.6) is 0 Å². The first kappa shape index (κ1) is 6.92. The predicted molar refractivity (Wildman–Crippen MR) is 27.7 cm³/mol. The number of aliphatic hydroxyl groups is 2. The van der Waals surface area contributed by atoms with Gasteiger partial charge in [0.1, 0.15) is 0 Å². The third-order valence-corrected chi connectivity index (χ3v) is 0.952. The van der Waals surface area contributed by atoms with Gasteiger partial charge >= 0.3 is 0 Å². The maximum Gasteiger partial charge on any atom is 0.0875 e. The third kappa shape index (κ3) is 2.60. The summed E-state index contributed by atoms with van der Waals surface area (Å²) in [4.78, 5) is 0. The van der Waals surface area contributed by atoms with Crippen LogP contribution in [0.3, 0.4) is 0 Å². The largest absolute Gasteiger partial charge is 0.393 e. The molecule has 0 rings (SSSR count). The van der Waals surface area contributed by atoms with Gasteiger partial charge < -0.3 is 10.2 Å². The predicted octanol–water partition coefficient (Wildman–Crippen LogP) is -0.0461. The van der Waals surface area contributed by atoms with Crippen molar-refractivity contribution in [3.8, 4) is 0 Å². The molecular weight excluding hydrogens is 92.1 g/mol. The molecule has 0 saturated carbocycles. The molecule has 1 radical (unpaired) electrons. The van der Waals surface area contributed by atoms with Gasteiger partial charge in [0.05, 0.1) is 12.2 Å². The molecule has 2 heteroatoms. The molecule has 43 valence electrons. The van der Waals surface area contributed by atoms with E-state index in [1.54, 1.807) is 6.92 Å². The van der Waals surface area contributed by atoms with Crippen LogP contribution in [0.1, 0.15) is 13.3 Å². The van der Waals surface area contributed by atoms with E-state index >= 15 is 0 Å². The zero-order valence-corrected chi connectivity index (χ0v) is 4.52. The summed E-state index contributed by atoms with van der Waals surface area (Å²) in [6, 6.07) is 0. The van der Waals surface area contributed by atoms with Crippen molar-refractivity contribution in [1.82, 2.24) is 0 Å². The Morgan fingerprint density at radius 3 is 2.14 bits per heavy atom. The Bertz CT molecular complexity index is 44.0. The first-order valence-corrected chi connectivity index (χ1v) is 2.31. The van der Waals surface area contributed by atoms with E-state index in [4.69, 9.17) is 10.2 Å². The lowest BCUT2D eigenvalue weighted by Crippen LogP contribution is -2.27. The molecule has 7 heavy (non-hydrogen) atoms. The zero-order chi connectivity index (χ0) is 5.91. The van der Waals surface area contributed by atoms with E-state index in [9.17, 15) is 0 Å². The Kier molecular flexibility index (Phi) is 2.26. The molecule has 0 spiro atoms. The Morgan fingerprint density at radius 2 is 2.14 bits per heavy atom. The molecule has 2 N–H and O–H groups in total. The standard InChI is InChI=1S/C5H11O2/c1-3-5(2,7)4-6/h6-7H,2-4H2,1H3. The highest BCUT2D eigenvalue weighted by Gasteiger charge is 2.14. The second-order valence-corrected chi connectivity index (χ2v) is 1.74. The monoisotopic (exact) mass is 103 g/mol. The van der Waals surface area contributed by atoms with Crippen LogP contribution >= 0.6 is 0 Å². The Morgan fingerprint density at radius 1 is 1.71 bits per heavy atom. The van der Waals surface area contributed by atoms with E-state index in [0.717, 1.165) is 0 Å². The molecule has 0 aromatic carbocycles. The Balaban J connectivity index is 3.36. The van der Waals surface area contributed by atoms with Gasteiger partial charge in [0.2, 0.25) is 0 Å². The normalized spacial score (nSPS) is 18.9. The van der Waals surface area contributed by atoms with Crippen molar-refractivity contribution in [2.24, 2.45) is 0 Å². The fourth-order valence-electron chi connectivity index (χ4n) is 0.112. The van der Waals surface area contributed by atoms with Gasteiger partial charge in [-0.1, -0.05) is 6.92 Å². The molecule has 0 fully saturated rings. The molecule has 0 saturated heterocycles. The van der Waals surface area contributed by atoms with Crippen LogP contribution in [0.25, 0.3) is 0 Å². The third-order valence-electron chi connectivity index (χ3n) is 0.952. The van der Waals surface area contributed by atoms with Gasteiger partial charge in [0, 0.05) is 0 Å². The molecule has 0 heterocycles. The maximum atomic E-state index is 8.77. The van der Waals surface area contributed by atoms with Crippen molar-refractivity contribution >= 4 is 0 Å². The van der Waals surface area contributed by atoms with Gasteiger partial charge in [-0.15, -0.1) is 0 Å². The molecule has 1 unspecified atom stereocenters. The number of hydrogen-bond acceptors (Lipinski definition) is 2. The highest BCUT2D eigenvalue weighted by atomic mass is 16.3. The van der Waals surface area contributed by atoms with Gasteiger partial charge in [-0.25, -0.2) is 0 Å². The van der Waals surface area contributed by atoms with Crippen LogP contribution in [0.2, 0.25) is 0 Å². The molecule has 0 aliphatic carbocycles. The van der Waals surface area contributed by atoms with E-state index in [1.807, 2.05) is 0 Å². The maximum absolute atomic E-state index is 8.77. The molecule has 0 aliphatic heterocycles. The fourth-order valence-corrected chi connectivity index (χ4v) is 0.112. The number of aliphatic hydroxyl groups excluding tert-OH is 1. The van der Waals surface area contributed by atoms with E-state index in [0.29, 0.717) is 6.42 Å². The van der Waals surface area contributed by atoms with Gasteiger partial charge in [-0.2, -0.15) is 0 Å². The van der Waals surface area contributed by atoms with Gasteiger partial charge in [0.25, 0.3) is 0 Å². The first-order valence-electron chi connectivity index (χ1n) is 2.31. The zero-order valence-electron chi connectivity index (χ0n) is 4.52. The summed E-state index contributed by atoms with van der Waals surface area (Å²) in [6.07, 6.45) is 0.490. The summed E-state index contributed by atoms with van der Waals surface area (Å²) < 4.78 is 0. The molecule has 0 aliphatic rings. The summed E-state index contributed by atoms with van der Waals surface area (Å²) in [5.41, 5.74) is -1.11. The summed E-state index contributed by atoms with van der Waals surface area (Å²) in [7, 11) is 0. The van der Waals surface area contributed by atoms with Crippen molar-refractivity contribution in [3.05, 3.63) is 6.92 Å². The average molecular weight is 103 g/mol. The minimum atomic E-state index is -1.11. The fraction of sp³-hybridized carbons (Fsp3) is 0.800. The lowest BCUT2D eigenvalue weighted by atomic mass is 10.1. The molecule has 0 aromatic rings. The van der Waals surface area contributed by atoms with Crippen molar-refractivity contribution < 1.29 is 10.2 Å². The van der Waals surface area contributed by atoms with E-state index in [2.05, 4.69) is 6.92 Å². The van der Waals surface area contributed by atoms with Crippen LogP contribution in [-0.4, -0.2) is 22.4 Å². The molecule has 2 nitrogen and oxygen atoms in total. The van der Waals surface area contributed by atoms with Crippen molar-refractivity contribution in [3.63, 3.8) is 0 Å². The SMILES string of the molecule is [CH2]C(O)(CC)CO. The van der Waals surface area contributed by atoms with E-state index < -0.39 is 5.60 Å². The topological polar surface area (TPSA) is 40.5 Å². The highest BCUT2D eigenvalue weighted by molar-refractivity contribution is 4.76. The van der Waals surface area contributed by atoms with E-state index in [1.165, 1.54) is 0 Å². The second-order valence-electron chi connectivity index (χ2n) is 1.74. The van der Waals surface area contributed by atoms with Crippen LogP contribution in [0, 0.1) is 6.92 Å². The van der Waals surface area contributed by atoms with Gasteiger partial charge in [0.15, 0.2) is 0 Å². The molecular formula is C5H11O2. The Labute approximate surface area is 43.8 Å². The smallest absolute Gasteiger partial charge is 0.0875 e. The van der Waals surface area contributed by atoms with E-state index in [-0.39, 0.29) is 6.61 Å². The summed E-state index contributed by atoms with van der Waals surface area (Å²) >= 11 is 0. The summed E-state index contributed by atoms with van der Waals surface area (Å²) in [6.45, 7) is 4.82. The number of hydrogen-bond donors (Lipinski definition) is 2. The van der Waals surface area contributed by atoms with Gasteiger partial charge in [-0.05, 0) is 13.3 Å². The lowest BCUT2D eigenvalue weighted by molar-refractivity contribution is 0.0218. The van der Waals surface area contributed by atoms with Crippen molar-refractivity contribution in [1.29, 1.82) is 0 Å². The van der Waals surface area contributed by atoms with Crippen molar-refractivity contribution in [2.45, 2.75) is 18.9 Å². The Hall–Kier alpha value is -0.0800. The molecule has 0 aromatic heterocycles. The minimum absolute atomic E-state index is 0.260. The molecule has 0 amide bonds. The van der Waals surface area contributed by atoms with Crippen LogP contribution in [0.4, 0.5) is 0 Å². The van der Waals surface area contributed by atoms with Crippen LogP contribution in [0.15, 0.2) is 0 Å². The molecule has 1 atom stereocenters. The van der Waals surface area contributed by atoms with Crippen LogP contribution in [-0.2, 0) is 0 Å². The quantitative estimate of drug-likeness (QED) is 0.514. The highest BCUT2D eigenvalue weighted by Crippen LogP contribution is 2.03. The average Bonchev–Trinajstić information content (AvgIpc) is 1.68.